The first kappa shape index (κ1) is 20.8. The number of nitrogens with one attached hydrogen (secondary N) is 2. The predicted octanol–water partition coefficient (Wildman–Crippen LogP) is 3.34. The highest BCUT2D eigenvalue weighted by Crippen LogP contribution is 2.22. The second-order valence-electron chi connectivity index (χ2n) is 7.47. The monoisotopic (exact) mass is 349 g/mol. The molecule has 0 fully saturated rings. The summed E-state index contributed by atoms with van der Waals surface area (Å²) >= 11 is 0. The number of carbonyl (C=O) groups is 2. The summed E-state index contributed by atoms with van der Waals surface area (Å²) < 4.78 is 0. The molecular weight excluding hydrogens is 318 g/mol. The van der Waals surface area contributed by atoms with Crippen LogP contribution in [0.3, 0.4) is 0 Å². The molecule has 1 rings (SSSR count). The molecule has 6 heteroatoms. The fourth-order valence-corrected chi connectivity index (χ4v) is 2.80. The Labute approximate surface area is 150 Å². The summed E-state index contributed by atoms with van der Waals surface area (Å²) in [5.41, 5.74) is 7.66. The Kier molecular flexibility index (Phi) is 7.74. The molecule has 5 N–H and O–H groups in total. The minimum Gasteiger partial charge on any atom is -0.480 e. The molecule has 2 atom stereocenters. The first-order valence-electron chi connectivity index (χ1n) is 8.79. The Bertz CT molecular complexity index is 600. The van der Waals surface area contributed by atoms with Crippen LogP contribution in [0.2, 0.25) is 0 Å². The molecule has 0 saturated heterocycles. The maximum Gasteiger partial charge on any atom is 0.326 e. The van der Waals surface area contributed by atoms with Crippen molar-refractivity contribution >= 4 is 23.3 Å². The van der Waals surface area contributed by atoms with Gasteiger partial charge in [0.1, 0.15) is 6.04 Å². The number of carboxylic acids is 1. The van der Waals surface area contributed by atoms with Crippen molar-refractivity contribution in [2.75, 3.05) is 11.1 Å². The van der Waals surface area contributed by atoms with Crippen molar-refractivity contribution in [3.8, 4) is 0 Å². The third-order valence-electron chi connectivity index (χ3n) is 3.85. The zero-order chi connectivity index (χ0) is 19.1. The standard InChI is InChI=1S/C19H31N3O3/c1-11(2)8-13(5)21-16-7-6-14(10-15(16)20)18(23)22-17(19(24)25)9-12(3)4/h6-7,10-13,17,21H,8-9,20H2,1-5H3,(H,22,23)(H,24,25)/t13?,17-/m0/s1. The van der Waals surface area contributed by atoms with Gasteiger partial charge in [-0.25, -0.2) is 4.79 Å². The van der Waals surface area contributed by atoms with Crippen molar-refractivity contribution < 1.29 is 14.7 Å². The Morgan fingerprint density at radius 2 is 1.68 bits per heavy atom. The first-order valence-corrected chi connectivity index (χ1v) is 8.79. The van der Waals surface area contributed by atoms with E-state index in [2.05, 4.69) is 31.4 Å². The third-order valence-corrected chi connectivity index (χ3v) is 3.85. The van der Waals surface area contributed by atoms with Gasteiger partial charge in [0.05, 0.1) is 11.4 Å². The van der Waals surface area contributed by atoms with Crippen LogP contribution in [0.25, 0.3) is 0 Å². The van der Waals surface area contributed by atoms with Crippen LogP contribution in [-0.2, 0) is 4.79 Å². The average Bonchev–Trinajstić information content (AvgIpc) is 2.47. The predicted molar refractivity (Wildman–Crippen MR) is 102 cm³/mol. The van der Waals surface area contributed by atoms with Crippen LogP contribution in [0, 0.1) is 11.8 Å². The quantitative estimate of drug-likeness (QED) is 0.512. The molecule has 25 heavy (non-hydrogen) atoms. The highest BCUT2D eigenvalue weighted by atomic mass is 16.4. The van der Waals surface area contributed by atoms with E-state index in [1.807, 2.05) is 13.8 Å². The third kappa shape index (κ3) is 7.03. The molecule has 1 aromatic rings. The Morgan fingerprint density at radius 3 is 2.16 bits per heavy atom. The SMILES string of the molecule is CC(C)CC(C)Nc1ccc(C(=O)N[C@@H](CC(C)C)C(=O)O)cc1N. The van der Waals surface area contributed by atoms with Gasteiger partial charge in [0.2, 0.25) is 0 Å². The minimum absolute atomic E-state index is 0.167. The van der Waals surface area contributed by atoms with Crippen molar-refractivity contribution in [3.63, 3.8) is 0 Å². The van der Waals surface area contributed by atoms with Gasteiger partial charge in [-0.1, -0.05) is 27.7 Å². The van der Waals surface area contributed by atoms with Gasteiger partial charge in [-0.15, -0.1) is 0 Å². The van der Waals surface area contributed by atoms with Crippen molar-refractivity contribution in [3.05, 3.63) is 23.8 Å². The van der Waals surface area contributed by atoms with Gasteiger partial charge in [-0.2, -0.15) is 0 Å². The van der Waals surface area contributed by atoms with E-state index in [-0.39, 0.29) is 12.0 Å². The Morgan fingerprint density at radius 1 is 1.08 bits per heavy atom. The maximum atomic E-state index is 12.3. The molecule has 1 amide bonds. The van der Waals surface area contributed by atoms with Gasteiger partial charge >= 0.3 is 5.97 Å². The second-order valence-corrected chi connectivity index (χ2v) is 7.47. The van der Waals surface area contributed by atoms with Gasteiger partial charge in [-0.3, -0.25) is 4.79 Å². The largest absolute Gasteiger partial charge is 0.480 e. The number of anilines is 2. The fraction of sp³-hybridized carbons (Fsp3) is 0.579. The van der Waals surface area contributed by atoms with Gasteiger partial charge in [0, 0.05) is 11.6 Å². The number of hydrogen-bond donors (Lipinski definition) is 4. The molecule has 0 aliphatic rings. The number of aliphatic carboxylic acids is 1. The number of rotatable bonds is 9. The van der Waals surface area contributed by atoms with Crippen LogP contribution in [-0.4, -0.2) is 29.1 Å². The number of benzene rings is 1. The lowest BCUT2D eigenvalue weighted by atomic mass is 10.0. The number of carbonyl (C=O) groups excluding carboxylic acids is 1. The molecule has 1 unspecified atom stereocenters. The first-order chi connectivity index (χ1) is 11.6. The molecule has 0 heterocycles. The summed E-state index contributed by atoms with van der Waals surface area (Å²) in [5, 5.41) is 15.1. The van der Waals surface area contributed by atoms with Crippen LogP contribution in [0.4, 0.5) is 11.4 Å². The van der Waals surface area contributed by atoms with Gasteiger partial charge < -0.3 is 21.5 Å². The fourth-order valence-electron chi connectivity index (χ4n) is 2.80. The van der Waals surface area contributed by atoms with E-state index in [1.165, 1.54) is 0 Å². The normalized spacial score (nSPS) is 13.6. The van der Waals surface area contributed by atoms with Crippen LogP contribution < -0.4 is 16.4 Å². The molecule has 0 aliphatic carbocycles. The molecule has 0 aromatic heterocycles. The van der Waals surface area contributed by atoms with Crippen LogP contribution in [0.1, 0.15) is 57.8 Å². The van der Waals surface area contributed by atoms with Gasteiger partial charge in [-0.05, 0) is 49.8 Å². The van der Waals surface area contributed by atoms with E-state index < -0.39 is 17.9 Å². The summed E-state index contributed by atoms with van der Waals surface area (Å²) in [6.45, 7) is 10.2. The number of amides is 1. The molecule has 6 nitrogen and oxygen atoms in total. The molecule has 0 bridgehead atoms. The number of carboxylic acid groups (broad SMARTS) is 1. The van der Waals surface area contributed by atoms with E-state index in [0.717, 1.165) is 12.1 Å². The van der Waals surface area contributed by atoms with Crippen LogP contribution in [0.15, 0.2) is 18.2 Å². The topological polar surface area (TPSA) is 104 Å². The molecule has 1 aromatic carbocycles. The molecule has 0 spiro atoms. The molecule has 140 valence electrons. The zero-order valence-corrected chi connectivity index (χ0v) is 15.8. The van der Waals surface area contributed by atoms with E-state index in [9.17, 15) is 14.7 Å². The number of hydrogen-bond acceptors (Lipinski definition) is 4. The lowest BCUT2D eigenvalue weighted by molar-refractivity contribution is -0.139. The van der Waals surface area contributed by atoms with Gasteiger partial charge in [0.15, 0.2) is 0 Å². The van der Waals surface area contributed by atoms with E-state index >= 15 is 0 Å². The highest BCUT2D eigenvalue weighted by Gasteiger charge is 2.22. The maximum absolute atomic E-state index is 12.3. The second kappa shape index (κ2) is 9.30. The summed E-state index contributed by atoms with van der Waals surface area (Å²) in [6, 6.07) is 4.36. The lowest BCUT2D eigenvalue weighted by Gasteiger charge is -2.19. The number of nitrogens with two attached hydrogens (primary N) is 1. The summed E-state index contributed by atoms with van der Waals surface area (Å²) in [6.07, 6.45) is 1.39. The van der Waals surface area contributed by atoms with Crippen molar-refractivity contribution in [2.24, 2.45) is 11.8 Å². The molecule has 0 aliphatic heterocycles. The zero-order valence-electron chi connectivity index (χ0n) is 15.8. The smallest absolute Gasteiger partial charge is 0.326 e. The van der Waals surface area contributed by atoms with E-state index in [1.54, 1.807) is 18.2 Å². The van der Waals surface area contributed by atoms with Crippen LogP contribution >= 0.6 is 0 Å². The van der Waals surface area contributed by atoms with Gasteiger partial charge in [0.25, 0.3) is 5.91 Å². The lowest BCUT2D eigenvalue weighted by Crippen LogP contribution is -2.41. The van der Waals surface area contributed by atoms with Crippen molar-refractivity contribution in [2.45, 2.75) is 59.5 Å². The summed E-state index contributed by atoms with van der Waals surface area (Å²) in [4.78, 5) is 23.6. The van der Waals surface area contributed by atoms with E-state index in [0.29, 0.717) is 23.6 Å². The van der Waals surface area contributed by atoms with Crippen molar-refractivity contribution in [1.29, 1.82) is 0 Å². The molecule has 0 radical (unpaired) electrons. The summed E-state index contributed by atoms with van der Waals surface area (Å²) in [5.74, 6) is -0.722. The Hall–Kier alpha value is -2.24. The molecular formula is C19H31N3O3. The Balaban J connectivity index is 2.80. The van der Waals surface area contributed by atoms with Crippen molar-refractivity contribution in [1.82, 2.24) is 5.32 Å². The highest BCUT2D eigenvalue weighted by molar-refractivity contribution is 5.98. The minimum atomic E-state index is -1.03. The van der Waals surface area contributed by atoms with Crippen LogP contribution in [0.5, 0.6) is 0 Å². The summed E-state index contributed by atoms with van der Waals surface area (Å²) in [7, 11) is 0. The molecule has 0 saturated carbocycles. The average molecular weight is 349 g/mol. The van der Waals surface area contributed by atoms with E-state index in [4.69, 9.17) is 5.73 Å². The number of nitrogen functional groups attached to an aromatic ring is 1.